The average molecular weight is 356 g/mol. The molecule has 2 aliphatic rings. The zero-order chi connectivity index (χ0) is 17.9. The summed E-state index contributed by atoms with van der Waals surface area (Å²) in [4.78, 5) is 14.6. The Morgan fingerprint density at radius 3 is 2.54 bits per heavy atom. The Kier molecular flexibility index (Phi) is 4.65. The number of piperidine rings is 1. The van der Waals surface area contributed by atoms with Gasteiger partial charge in [0, 0.05) is 24.7 Å². The molecule has 2 heterocycles. The Bertz CT molecular complexity index is 803. The van der Waals surface area contributed by atoms with Crippen LogP contribution < -0.4 is 19.7 Å². The molecule has 0 spiro atoms. The molecule has 136 valence electrons. The van der Waals surface area contributed by atoms with E-state index in [9.17, 15) is 9.18 Å². The molecule has 1 saturated heterocycles. The number of benzene rings is 2. The Labute approximate surface area is 151 Å². The van der Waals surface area contributed by atoms with Crippen molar-refractivity contribution in [2.24, 2.45) is 0 Å². The van der Waals surface area contributed by atoms with Crippen molar-refractivity contribution in [1.29, 1.82) is 0 Å². The summed E-state index contributed by atoms with van der Waals surface area (Å²) in [5.41, 5.74) is 1.19. The van der Waals surface area contributed by atoms with Crippen molar-refractivity contribution in [2.45, 2.75) is 18.9 Å². The van der Waals surface area contributed by atoms with Gasteiger partial charge in [-0.15, -0.1) is 0 Å². The highest BCUT2D eigenvalue weighted by Crippen LogP contribution is 2.31. The number of para-hydroxylation sites is 1. The van der Waals surface area contributed by atoms with Crippen molar-refractivity contribution >= 4 is 11.6 Å². The summed E-state index contributed by atoms with van der Waals surface area (Å²) in [6, 6.07) is 12.1. The molecule has 0 bridgehead atoms. The Hall–Kier alpha value is -2.76. The molecule has 2 aliphatic heterocycles. The molecule has 26 heavy (non-hydrogen) atoms. The largest absolute Gasteiger partial charge is 0.486 e. The highest BCUT2D eigenvalue weighted by atomic mass is 19.1. The van der Waals surface area contributed by atoms with Gasteiger partial charge in [0.1, 0.15) is 19.0 Å². The zero-order valence-corrected chi connectivity index (χ0v) is 14.4. The second-order valence-electron chi connectivity index (χ2n) is 6.54. The molecule has 1 N–H and O–H groups in total. The third-order valence-corrected chi connectivity index (χ3v) is 4.83. The molecule has 0 radical (unpaired) electrons. The molecule has 1 amide bonds. The van der Waals surface area contributed by atoms with Gasteiger partial charge in [-0.25, -0.2) is 4.39 Å². The molecule has 0 atom stereocenters. The van der Waals surface area contributed by atoms with E-state index in [4.69, 9.17) is 9.47 Å². The summed E-state index contributed by atoms with van der Waals surface area (Å²) in [6.07, 6.45) is 1.56. The van der Waals surface area contributed by atoms with Crippen molar-refractivity contribution in [1.82, 2.24) is 5.32 Å². The molecule has 2 aromatic rings. The number of fused-ring (bicyclic) bond motifs is 1. The summed E-state index contributed by atoms with van der Waals surface area (Å²) in [7, 11) is 0. The molecule has 4 rings (SSSR count). The minimum absolute atomic E-state index is 0.0822. The summed E-state index contributed by atoms with van der Waals surface area (Å²) in [5.74, 6) is 0.960. The van der Waals surface area contributed by atoms with Gasteiger partial charge in [0.15, 0.2) is 11.5 Å². The van der Waals surface area contributed by atoms with Crippen LogP contribution >= 0.6 is 0 Å². The van der Waals surface area contributed by atoms with E-state index < -0.39 is 0 Å². The third-order valence-electron chi connectivity index (χ3n) is 4.83. The first kappa shape index (κ1) is 16.7. The lowest BCUT2D eigenvalue weighted by Gasteiger charge is -2.34. The maximum Gasteiger partial charge on any atom is 0.251 e. The van der Waals surface area contributed by atoms with E-state index in [2.05, 4.69) is 5.32 Å². The maximum absolute atomic E-state index is 13.9. The number of amides is 1. The first-order valence-electron chi connectivity index (χ1n) is 8.91. The molecule has 0 saturated carbocycles. The predicted octanol–water partition coefficient (Wildman–Crippen LogP) is 3.00. The zero-order valence-electron chi connectivity index (χ0n) is 14.4. The number of rotatable bonds is 3. The van der Waals surface area contributed by atoms with E-state index in [1.165, 1.54) is 6.07 Å². The molecule has 5 nitrogen and oxygen atoms in total. The fraction of sp³-hybridized carbons (Fsp3) is 0.350. The number of carbonyl (C=O) groups excluding carboxylic acids is 1. The monoisotopic (exact) mass is 356 g/mol. The van der Waals surface area contributed by atoms with Crippen LogP contribution in [0.25, 0.3) is 0 Å². The predicted molar refractivity (Wildman–Crippen MR) is 96.5 cm³/mol. The van der Waals surface area contributed by atoms with Gasteiger partial charge < -0.3 is 19.7 Å². The van der Waals surface area contributed by atoms with Crippen molar-refractivity contribution in [3.63, 3.8) is 0 Å². The summed E-state index contributed by atoms with van der Waals surface area (Å²) < 4.78 is 24.9. The van der Waals surface area contributed by atoms with Crippen LogP contribution in [0.3, 0.4) is 0 Å². The topological polar surface area (TPSA) is 50.8 Å². The Morgan fingerprint density at radius 2 is 1.77 bits per heavy atom. The summed E-state index contributed by atoms with van der Waals surface area (Å²) in [5, 5.41) is 3.07. The van der Waals surface area contributed by atoms with E-state index in [1.54, 1.807) is 30.3 Å². The highest BCUT2D eigenvalue weighted by molar-refractivity contribution is 5.95. The van der Waals surface area contributed by atoms with Crippen LogP contribution in [0.4, 0.5) is 10.1 Å². The van der Waals surface area contributed by atoms with Crippen LogP contribution in [0.15, 0.2) is 42.5 Å². The lowest BCUT2D eigenvalue weighted by Crippen LogP contribution is -2.45. The van der Waals surface area contributed by atoms with Gasteiger partial charge in [-0.2, -0.15) is 0 Å². The minimum atomic E-state index is -0.203. The van der Waals surface area contributed by atoms with Gasteiger partial charge in [-0.05, 0) is 43.2 Å². The van der Waals surface area contributed by atoms with Crippen LogP contribution in [0.2, 0.25) is 0 Å². The first-order valence-corrected chi connectivity index (χ1v) is 8.91. The van der Waals surface area contributed by atoms with Gasteiger partial charge in [0.2, 0.25) is 0 Å². The second kappa shape index (κ2) is 7.23. The maximum atomic E-state index is 13.9. The number of carbonyl (C=O) groups is 1. The van der Waals surface area contributed by atoms with Crippen LogP contribution in [-0.2, 0) is 0 Å². The number of nitrogens with one attached hydrogen (secondary N) is 1. The Morgan fingerprint density at radius 1 is 1.04 bits per heavy atom. The van der Waals surface area contributed by atoms with Crippen LogP contribution in [0.5, 0.6) is 11.5 Å². The second-order valence-corrected chi connectivity index (χ2v) is 6.54. The minimum Gasteiger partial charge on any atom is -0.486 e. The van der Waals surface area contributed by atoms with E-state index in [1.807, 2.05) is 11.0 Å². The number of anilines is 1. The van der Waals surface area contributed by atoms with Crippen LogP contribution in [-0.4, -0.2) is 38.3 Å². The number of halogens is 1. The molecule has 0 aromatic heterocycles. The average Bonchev–Trinajstić information content (AvgIpc) is 2.69. The van der Waals surface area contributed by atoms with Gasteiger partial charge in [0.25, 0.3) is 5.91 Å². The molecular formula is C20H21FN2O3. The van der Waals surface area contributed by atoms with E-state index in [0.717, 1.165) is 12.8 Å². The van der Waals surface area contributed by atoms with Crippen molar-refractivity contribution in [3.8, 4) is 11.5 Å². The van der Waals surface area contributed by atoms with Gasteiger partial charge in [-0.1, -0.05) is 12.1 Å². The molecular weight excluding hydrogens is 335 g/mol. The molecule has 0 unspecified atom stereocenters. The van der Waals surface area contributed by atoms with Crippen molar-refractivity contribution < 1.29 is 18.7 Å². The summed E-state index contributed by atoms with van der Waals surface area (Å²) >= 11 is 0. The lowest BCUT2D eigenvalue weighted by atomic mass is 10.0. The van der Waals surface area contributed by atoms with E-state index in [-0.39, 0.29) is 17.8 Å². The lowest BCUT2D eigenvalue weighted by molar-refractivity contribution is 0.0930. The van der Waals surface area contributed by atoms with Gasteiger partial charge in [-0.3, -0.25) is 4.79 Å². The van der Waals surface area contributed by atoms with Crippen molar-refractivity contribution in [3.05, 3.63) is 53.8 Å². The number of hydrogen-bond donors (Lipinski definition) is 1. The summed E-state index contributed by atoms with van der Waals surface area (Å²) in [6.45, 7) is 2.45. The standard InChI is InChI=1S/C20H21FN2O3/c21-16-3-1-2-4-17(16)23-9-7-15(8-10-23)22-20(24)14-5-6-18-19(13-14)26-12-11-25-18/h1-6,13,15H,7-12H2,(H,22,24). The number of ether oxygens (including phenoxy) is 2. The third kappa shape index (κ3) is 3.45. The van der Waals surface area contributed by atoms with Gasteiger partial charge >= 0.3 is 0 Å². The van der Waals surface area contributed by atoms with Crippen LogP contribution in [0.1, 0.15) is 23.2 Å². The highest BCUT2D eigenvalue weighted by Gasteiger charge is 2.23. The van der Waals surface area contributed by atoms with Crippen LogP contribution in [0, 0.1) is 5.82 Å². The normalized spacial score (nSPS) is 17.0. The first-order chi connectivity index (χ1) is 12.7. The number of hydrogen-bond acceptors (Lipinski definition) is 4. The van der Waals surface area contributed by atoms with E-state index in [0.29, 0.717) is 49.1 Å². The quantitative estimate of drug-likeness (QED) is 0.919. The smallest absolute Gasteiger partial charge is 0.251 e. The molecule has 0 aliphatic carbocycles. The molecule has 6 heteroatoms. The SMILES string of the molecule is O=C(NC1CCN(c2ccccc2F)CC1)c1ccc2c(c1)OCCO2. The molecule has 1 fully saturated rings. The van der Waals surface area contributed by atoms with E-state index >= 15 is 0 Å². The molecule has 2 aromatic carbocycles. The number of nitrogens with zero attached hydrogens (tertiary/aromatic N) is 1. The fourth-order valence-corrected chi connectivity index (χ4v) is 3.43. The Balaban J connectivity index is 1.35. The fourth-order valence-electron chi connectivity index (χ4n) is 3.43. The van der Waals surface area contributed by atoms with Crippen molar-refractivity contribution in [2.75, 3.05) is 31.2 Å². The van der Waals surface area contributed by atoms with Gasteiger partial charge in [0.05, 0.1) is 5.69 Å².